The van der Waals surface area contributed by atoms with E-state index in [0.717, 1.165) is 44.5 Å². The van der Waals surface area contributed by atoms with E-state index in [-0.39, 0.29) is 29.8 Å². The van der Waals surface area contributed by atoms with Crippen molar-refractivity contribution >= 4 is 12.0 Å². The number of rotatable bonds is 5. The predicted molar refractivity (Wildman–Crippen MR) is 138 cm³/mol. The fourth-order valence-electron chi connectivity index (χ4n) is 6.31. The summed E-state index contributed by atoms with van der Waals surface area (Å²) in [5.41, 5.74) is 1.63. The zero-order valence-corrected chi connectivity index (χ0v) is 21.5. The maximum Gasteiger partial charge on any atom is 0.416 e. The SMILES string of the molecule is CC(C)C1(C(=O)NCc2cccc(C(F)(F)F)c2)CCC(N2CCC3(C=Cc4ccccc43)CC2)CO1. The molecule has 0 radical (unpaired) electrons. The van der Waals surface area contributed by atoms with Crippen molar-refractivity contribution in [1.29, 1.82) is 0 Å². The molecule has 1 N–H and O–H groups in total. The van der Waals surface area contributed by atoms with Crippen LogP contribution in [0.3, 0.4) is 0 Å². The van der Waals surface area contributed by atoms with Gasteiger partial charge >= 0.3 is 6.18 Å². The van der Waals surface area contributed by atoms with Crippen molar-refractivity contribution in [3.05, 3.63) is 76.9 Å². The normalized spacial score (nSPS) is 25.4. The third-order valence-electron chi connectivity index (χ3n) is 8.69. The van der Waals surface area contributed by atoms with E-state index in [0.29, 0.717) is 18.6 Å². The van der Waals surface area contributed by atoms with Crippen LogP contribution in [0.15, 0.2) is 54.6 Å². The second kappa shape index (κ2) is 9.91. The maximum absolute atomic E-state index is 13.3. The van der Waals surface area contributed by atoms with Crippen molar-refractivity contribution in [1.82, 2.24) is 10.2 Å². The number of fused-ring (bicyclic) bond motifs is 2. The Kier molecular flexibility index (Phi) is 6.96. The van der Waals surface area contributed by atoms with Crippen LogP contribution in [0, 0.1) is 5.92 Å². The Balaban J connectivity index is 1.18. The van der Waals surface area contributed by atoms with E-state index in [1.165, 1.54) is 17.2 Å². The Bertz CT molecular complexity index is 1160. The number of hydrogen-bond donors (Lipinski definition) is 1. The van der Waals surface area contributed by atoms with Crippen LogP contribution in [0.4, 0.5) is 13.2 Å². The summed E-state index contributed by atoms with van der Waals surface area (Å²) in [6.45, 7) is 6.44. The molecule has 2 atom stereocenters. The van der Waals surface area contributed by atoms with Gasteiger partial charge in [-0.25, -0.2) is 0 Å². The Morgan fingerprint density at radius 3 is 2.54 bits per heavy atom. The van der Waals surface area contributed by atoms with E-state index in [1.54, 1.807) is 6.07 Å². The first-order chi connectivity index (χ1) is 17.6. The lowest BCUT2D eigenvalue weighted by Crippen LogP contribution is -2.59. The number of carbonyl (C=O) groups excluding carboxylic acids is 1. The Morgan fingerprint density at radius 1 is 1.11 bits per heavy atom. The first kappa shape index (κ1) is 26.0. The van der Waals surface area contributed by atoms with Gasteiger partial charge in [-0.2, -0.15) is 13.2 Å². The molecular weight excluding hydrogens is 477 g/mol. The Hall–Kier alpha value is -2.64. The molecule has 2 saturated heterocycles. The summed E-state index contributed by atoms with van der Waals surface area (Å²) in [6, 6.07) is 14.0. The highest BCUT2D eigenvalue weighted by Crippen LogP contribution is 2.44. The van der Waals surface area contributed by atoms with Gasteiger partial charge in [0.2, 0.25) is 0 Å². The average molecular weight is 513 g/mol. The van der Waals surface area contributed by atoms with Gasteiger partial charge in [0.1, 0.15) is 5.60 Å². The number of likely N-dealkylation sites (tertiary alicyclic amines) is 1. The number of carbonyl (C=O) groups is 1. The van der Waals surface area contributed by atoms with Crippen molar-refractivity contribution in [2.45, 2.75) is 69.3 Å². The molecule has 4 nitrogen and oxygen atoms in total. The van der Waals surface area contributed by atoms with Crippen molar-refractivity contribution in [3.8, 4) is 0 Å². The molecule has 7 heteroatoms. The highest BCUT2D eigenvalue weighted by Gasteiger charge is 2.47. The summed E-state index contributed by atoms with van der Waals surface area (Å²) in [6.07, 6.45) is 3.82. The molecule has 37 heavy (non-hydrogen) atoms. The van der Waals surface area contributed by atoms with E-state index < -0.39 is 17.3 Å². The first-order valence-corrected chi connectivity index (χ1v) is 13.2. The van der Waals surface area contributed by atoms with Crippen molar-refractivity contribution in [3.63, 3.8) is 0 Å². The van der Waals surface area contributed by atoms with Gasteiger partial charge in [-0.3, -0.25) is 9.69 Å². The summed E-state index contributed by atoms with van der Waals surface area (Å²) in [5.74, 6) is -0.302. The molecule has 5 rings (SSSR count). The lowest BCUT2D eigenvalue weighted by Gasteiger charge is -2.47. The smallest absolute Gasteiger partial charge is 0.363 e. The van der Waals surface area contributed by atoms with Gasteiger partial charge < -0.3 is 10.1 Å². The van der Waals surface area contributed by atoms with E-state index in [1.807, 2.05) is 13.8 Å². The number of benzene rings is 2. The van der Waals surface area contributed by atoms with Crippen LogP contribution in [0.25, 0.3) is 6.08 Å². The van der Waals surface area contributed by atoms with Crippen LogP contribution in [0.1, 0.15) is 61.8 Å². The van der Waals surface area contributed by atoms with Gasteiger partial charge in [-0.15, -0.1) is 0 Å². The summed E-state index contributed by atoms with van der Waals surface area (Å²) < 4.78 is 45.5. The number of allylic oxidation sites excluding steroid dienone is 1. The summed E-state index contributed by atoms with van der Waals surface area (Å²) in [4.78, 5) is 15.8. The molecule has 2 aliphatic heterocycles. The van der Waals surface area contributed by atoms with E-state index >= 15 is 0 Å². The van der Waals surface area contributed by atoms with Gasteiger partial charge in [-0.1, -0.05) is 62.4 Å². The van der Waals surface area contributed by atoms with Crippen LogP contribution >= 0.6 is 0 Å². The quantitative estimate of drug-likeness (QED) is 0.538. The molecule has 2 heterocycles. The number of nitrogens with zero attached hydrogens (tertiary/aromatic N) is 1. The number of piperidine rings is 1. The molecule has 3 aliphatic rings. The Labute approximate surface area is 216 Å². The monoisotopic (exact) mass is 512 g/mol. The number of alkyl halides is 3. The second-order valence-electron chi connectivity index (χ2n) is 11.0. The van der Waals surface area contributed by atoms with Crippen molar-refractivity contribution in [2.24, 2.45) is 5.92 Å². The summed E-state index contributed by atoms with van der Waals surface area (Å²) >= 11 is 0. The second-order valence-corrected chi connectivity index (χ2v) is 11.0. The fourth-order valence-corrected chi connectivity index (χ4v) is 6.31. The van der Waals surface area contributed by atoms with E-state index in [2.05, 4.69) is 46.6 Å². The number of amides is 1. The third-order valence-corrected chi connectivity index (χ3v) is 8.69. The van der Waals surface area contributed by atoms with Crippen molar-refractivity contribution in [2.75, 3.05) is 19.7 Å². The fraction of sp³-hybridized carbons (Fsp3) is 0.500. The molecular formula is C30H35F3N2O2. The average Bonchev–Trinajstić information content (AvgIpc) is 3.25. The minimum atomic E-state index is -4.41. The molecule has 2 fully saturated rings. The number of halogens is 3. The van der Waals surface area contributed by atoms with Crippen LogP contribution in [-0.4, -0.2) is 42.1 Å². The highest BCUT2D eigenvalue weighted by atomic mass is 19.4. The minimum Gasteiger partial charge on any atom is -0.363 e. The van der Waals surface area contributed by atoms with Crippen molar-refractivity contribution < 1.29 is 22.7 Å². The largest absolute Gasteiger partial charge is 0.416 e. The minimum absolute atomic E-state index is 0.0349. The highest BCUT2D eigenvalue weighted by molar-refractivity contribution is 5.85. The number of ether oxygens (including phenoxy) is 1. The predicted octanol–water partition coefficient (Wildman–Crippen LogP) is 5.96. The van der Waals surface area contributed by atoms with Crippen LogP contribution in [0.5, 0.6) is 0 Å². The molecule has 1 amide bonds. The molecule has 2 aromatic carbocycles. The zero-order chi connectivity index (χ0) is 26.3. The molecule has 1 aliphatic carbocycles. The van der Waals surface area contributed by atoms with Crippen LogP contribution < -0.4 is 5.32 Å². The summed E-state index contributed by atoms with van der Waals surface area (Å²) in [5, 5.41) is 2.85. The van der Waals surface area contributed by atoms with E-state index in [4.69, 9.17) is 4.74 Å². The Morgan fingerprint density at radius 2 is 1.86 bits per heavy atom. The van der Waals surface area contributed by atoms with Gasteiger partial charge in [0.15, 0.2) is 0 Å². The molecule has 2 aromatic rings. The zero-order valence-electron chi connectivity index (χ0n) is 21.5. The molecule has 2 unspecified atom stereocenters. The summed E-state index contributed by atoms with van der Waals surface area (Å²) in [7, 11) is 0. The van der Waals surface area contributed by atoms with Gasteiger partial charge in [0.25, 0.3) is 5.91 Å². The van der Waals surface area contributed by atoms with E-state index in [9.17, 15) is 18.0 Å². The third kappa shape index (κ3) is 4.96. The molecule has 1 spiro atoms. The lowest BCUT2D eigenvalue weighted by molar-refractivity contribution is -0.170. The maximum atomic E-state index is 13.3. The lowest BCUT2D eigenvalue weighted by atomic mass is 9.74. The van der Waals surface area contributed by atoms with Gasteiger partial charge in [-0.05, 0) is 73.5 Å². The van der Waals surface area contributed by atoms with Crippen LogP contribution in [-0.2, 0) is 27.7 Å². The van der Waals surface area contributed by atoms with Crippen LogP contribution in [0.2, 0.25) is 0 Å². The first-order valence-electron chi connectivity index (χ1n) is 13.2. The molecule has 0 saturated carbocycles. The topological polar surface area (TPSA) is 41.6 Å². The molecule has 0 aromatic heterocycles. The number of nitrogens with one attached hydrogen (secondary N) is 1. The molecule has 0 bridgehead atoms. The van der Waals surface area contributed by atoms with Gasteiger partial charge in [0, 0.05) is 18.0 Å². The standard InChI is InChI=1S/C30H35F3N2O2/c1-21(2)29(27(36)34-19-22-6-5-8-24(18-22)30(31,32)33)13-11-25(20-37-29)35-16-14-28(15-17-35)12-10-23-7-3-4-9-26(23)28/h3-10,12,18,21,25H,11,13-17,19-20H2,1-2H3,(H,34,36). The van der Waals surface area contributed by atoms with Gasteiger partial charge in [0.05, 0.1) is 12.2 Å². The number of hydrogen-bond acceptors (Lipinski definition) is 3. The molecule has 198 valence electrons.